The molecule has 0 saturated heterocycles. The maximum absolute atomic E-state index is 11.3. The van der Waals surface area contributed by atoms with Crippen molar-refractivity contribution in [2.45, 2.75) is 6.92 Å². The molecule has 0 N–H and O–H groups in total. The van der Waals surface area contributed by atoms with Gasteiger partial charge in [0.15, 0.2) is 0 Å². The van der Waals surface area contributed by atoms with Gasteiger partial charge in [0.1, 0.15) is 11.5 Å². The number of ether oxygens (including phenoxy) is 1. The number of aromatic nitrogens is 1. The number of para-hydroxylation sites is 1. The first-order valence-corrected chi connectivity index (χ1v) is 6.89. The number of methoxy groups -OCH3 is 1. The Hall–Kier alpha value is -2.88. The first-order valence-electron chi connectivity index (χ1n) is 6.89. The topological polar surface area (TPSA) is 52.3 Å². The summed E-state index contributed by atoms with van der Waals surface area (Å²) in [5.74, 6) is 0.947. The lowest BCUT2D eigenvalue weighted by Crippen LogP contribution is -1.95. The van der Waals surface area contributed by atoms with Crippen LogP contribution in [0.25, 0.3) is 27.8 Å². The van der Waals surface area contributed by atoms with Crippen LogP contribution in [-0.2, 0) is 9.53 Å². The second-order valence-electron chi connectivity index (χ2n) is 4.93. The van der Waals surface area contributed by atoms with Gasteiger partial charge in [-0.2, -0.15) is 0 Å². The van der Waals surface area contributed by atoms with Crippen LogP contribution < -0.4 is 0 Å². The third-order valence-corrected chi connectivity index (χ3v) is 3.41. The van der Waals surface area contributed by atoms with Crippen molar-refractivity contribution >= 4 is 22.4 Å². The first kappa shape index (κ1) is 14.1. The van der Waals surface area contributed by atoms with Crippen LogP contribution in [0.3, 0.4) is 0 Å². The summed E-state index contributed by atoms with van der Waals surface area (Å²) in [6.07, 6.45) is 3.19. The zero-order chi connectivity index (χ0) is 15.5. The third-order valence-electron chi connectivity index (χ3n) is 3.41. The molecule has 0 amide bonds. The number of rotatable bonds is 3. The molecule has 0 unspecified atom stereocenters. The molecule has 0 bridgehead atoms. The SMILES string of the molecule is COC(=O)/C=C(\C)c1ccc(-c2cnc3ccccc3c2)o1. The quantitative estimate of drug-likeness (QED) is 0.539. The number of hydrogen-bond acceptors (Lipinski definition) is 4. The normalized spacial score (nSPS) is 11.6. The molecule has 3 aromatic rings. The van der Waals surface area contributed by atoms with Crippen LogP contribution in [-0.4, -0.2) is 18.1 Å². The van der Waals surface area contributed by atoms with Gasteiger partial charge < -0.3 is 9.15 Å². The predicted octanol–water partition coefficient (Wildman–Crippen LogP) is 4.07. The Kier molecular flexibility index (Phi) is 3.74. The first-order chi connectivity index (χ1) is 10.7. The van der Waals surface area contributed by atoms with Gasteiger partial charge >= 0.3 is 5.97 Å². The Morgan fingerprint density at radius 3 is 2.86 bits per heavy atom. The number of carbonyl (C=O) groups is 1. The minimum absolute atomic E-state index is 0.400. The number of hydrogen-bond donors (Lipinski definition) is 0. The standard InChI is InChI=1S/C18H15NO3/c1-12(9-18(20)21-2)16-7-8-17(22-16)14-10-13-5-3-4-6-15(13)19-11-14/h3-11H,1-2H3/b12-9+. The van der Waals surface area contributed by atoms with Gasteiger partial charge in [-0.1, -0.05) is 18.2 Å². The number of benzene rings is 1. The zero-order valence-electron chi connectivity index (χ0n) is 12.4. The molecule has 110 valence electrons. The van der Waals surface area contributed by atoms with Gasteiger partial charge in [-0.05, 0) is 36.8 Å². The maximum atomic E-state index is 11.3. The Bertz CT molecular complexity index is 861. The Morgan fingerprint density at radius 2 is 2.05 bits per heavy atom. The van der Waals surface area contributed by atoms with E-state index in [9.17, 15) is 4.79 Å². The van der Waals surface area contributed by atoms with E-state index in [0.29, 0.717) is 17.1 Å². The zero-order valence-corrected chi connectivity index (χ0v) is 12.4. The van der Waals surface area contributed by atoms with Crippen molar-refractivity contribution in [3.63, 3.8) is 0 Å². The summed E-state index contributed by atoms with van der Waals surface area (Å²) >= 11 is 0. The third kappa shape index (κ3) is 2.76. The monoisotopic (exact) mass is 293 g/mol. The highest BCUT2D eigenvalue weighted by Crippen LogP contribution is 2.27. The fourth-order valence-electron chi connectivity index (χ4n) is 2.22. The summed E-state index contributed by atoms with van der Waals surface area (Å²) in [5, 5.41) is 1.06. The molecular formula is C18H15NO3. The molecule has 4 heteroatoms. The van der Waals surface area contributed by atoms with Crippen LogP contribution in [0.2, 0.25) is 0 Å². The lowest BCUT2D eigenvalue weighted by molar-refractivity contribution is -0.134. The molecule has 0 aliphatic carbocycles. The largest absolute Gasteiger partial charge is 0.466 e. The molecule has 1 aromatic carbocycles. The van der Waals surface area contributed by atoms with Crippen LogP contribution in [0.5, 0.6) is 0 Å². The molecule has 2 aromatic heterocycles. The average Bonchev–Trinajstić information content (AvgIpc) is 3.04. The maximum Gasteiger partial charge on any atom is 0.330 e. The summed E-state index contributed by atoms with van der Waals surface area (Å²) in [4.78, 5) is 15.7. The number of furan rings is 1. The van der Waals surface area contributed by atoms with Gasteiger partial charge in [0, 0.05) is 23.2 Å². The summed E-state index contributed by atoms with van der Waals surface area (Å²) in [7, 11) is 1.35. The van der Waals surface area contributed by atoms with Crippen LogP contribution >= 0.6 is 0 Å². The van der Waals surface area contributed by atoms with Crippen molar-refractivity contribution < 1.29 is 13.9 Å². The molecule has 2 heterocycles. The molecule has 0 radical (unpaired) electrons. The van der Waals surface area contributed by atoms with Crippen LogP contribution in [0.1, 0.15) is 12.7 Å². The molecular weight excluding hydrogens is 278 g/mol. The summed E-state index contributed by atoms with van der Waals surface area (Å²) in [6.45, 7) is 1.80. The van der Waals surface area contributed by atoms with Crippen LogP contribution in [0.15, 0.2) is 59.2 Å². The van der Waals surface area contributed by atoms with E-state index in [2.05, 4.69) is 9.72 Å². The smallest absolute Gasteiger partial charge is 0.330 e. The van der Waals surface area contributed by atoms with E-state index in [4.69, 9.17) is 4.42 Å². The lowest BCUT2D eigenvalue weighted by atomic mass is 10.1. The minimum atomic E-state index is -0.400. The molecule has 22 heavy (non-hydrogen) atoms. The van der Waals surface area contributed by atoms with E-state index >= 15 is 0 Å². The minimum Gasteiger partial charge on any atom is -0.466 e. The number of allylic oxidation sites excluding steroid dienone is 1. The van der Waals surface area contributed by atoms with Gasteiger partial charge in [-0.3, -0.25) is 4.98 Å². The Morgan fingerprint density at radius 1 is 1.23 bits per heavy atom. The van der Waals surface area contributed by atoms with Crippen molar-refractivity contribution in [3.05, 3.63) is 60.5 Å². The van der Waals surface area contributed by atoms with E-state index in [1.807, 2.05) is 42.5 Å². The molecule has 4 nitrogen and oxygen atoms in total. The highest BCUT2D eigenvalue weighted by Gasteiger charge is 2.09. The van der Waals surface area contributed by atoms with Crippen LogP contribution in [0, 0.1) is 0 Å². The predicted molar refractivity (Wildman–Crippen MR) is 85.1 cm³/mol. The van der Waals surface area contributed by atoms with Crippen molar-refractivity contribution in [2.24, 2.45) is 0 Å². The van der Waals surface area contributed by atoms with Crippen molar-refractivity contribution in [1.82, 2.24) is 4.98 Å². The van der Waals surface area contributed by atoms with E-state index in [-0.39, 0.29) is 0 Å². The van der Waals surface area contributed by atoms with E-state index < -0.39 is 5.97 Å². The van der Waals surface area contributed by atoms with Gasteiger partial charge in [0.05, 0.1) is 12.6 Å². The fourth-order valence-corrected chi connectivity index (χ4v) is 2.22. The highest BCUT2D eigenvalue weighted by molar-refractivity contribution is 5.90. The molecule has 0 atom stereocenters. The van der Waals surface area contributed by atoms with Gasteiger partial charge in [0.2, 0.25) is 0 Å². The second kappa shape index (κ2) is 5.85. The van der Waals surface area contributed by atoms with Gasteiger partial charge in [0.25, 0.3) is 0 Å². The van der Waals surface area contributed by atoms with E-state index in [0.717, 1.165) is 16.5 Å². The van der Waals surface area contributed by atoms with Crippen LogP contribution in [0.4, 0.5) is 0 Å². The fraction of sp³-hybridized carbons (Fsp3) is 0.111. The lowest BCUT2D eigenvalue weighted by Gasteiger charge is -2.01. The number of esters is 1. The average molecular weight is 293 g/mol. The Labute approximate surface area is 128 Å². The van der Waals surface area contributed by atoms with Crippen molar-refractivity contribution in [3.8, 4) is 11.3 Å². The second-order valence-corrected chi connectivity index (χ2v) is 4.93. The van der Waals surface area contributed by atoms with Crippen molar-refractivity contribution in [1.29, 1.82) is 0 Å². The van der Waals surface area contributed by atoms with E-state index in [1.165, 1.54) is 13.2 Å². The number of nitrogens with zero attached hydrogens (tertiary/aromatic N) is 1. The highest BCUT2D eigenvalue weighted by atomic mass is 16.5. The van der Waals surface area contributed by atoms with Crippen molar-refractivity contribution in [2.75, 3.05) is 7.11 Å². The molecule has 0 spiro atoms. The summed E-state index contributed by atoms with van der Waals surface area (Å²) in [6, 6.07) is 13.7. The van der Waals surface area contributed by atoms with Gasteiger partial charge in [-0.25, -0.2) is 4.79 Å². The van der Waals surface area contributed by atoms with E-state index in [1.54, 1.807) is 13.1 Å². The number of pyridine rings is 1. The summed E-state index contributed by atoms with van der Waals surface area (Å²) in [5.41, 5.74) is 2.56. The summed E-state index contributed by atoms with van der Waals surface area (Å²) < 4.78 is 10.4. The molecule has 3 rings (SSSR count). The number of fused-ring (bicyclic) bond motifs is 1. The molecule has 0 aliphatic heterocycles. The molecule has 0 aliphatic rings. The number of carbonyl (C=O) groups excluding carboxylic acids is 1. The van der Waals surface area contributed by atoms with Gasteiger partial charge in [-0.15, -0.1) is 0 Å². The molecule has 0 fully saturated rings. The Balaban J connectivity index is 1.95. The molecule has 0 saturated carbocycles.